The molecule has 0 bridgehead atoms. The number of aryl methyl sites for hydroxylation is 1. The molecule has 2 heterocycles. The number of phenols is 1. The third-order valence-electron chi connectivity index (χ3n) is 5.49. The molecule has 0 amide bonds. The Bertz CT molecular complexity index is 1140. The molecule has 1 aromatic heterocycles. The van der Waals surface area contributed by atoms with Crippen molar-refractivity contribution in [3.63, 3.8) is 0 Å². The summed E-state index contributed by atoms with van der Waals surface area (Å²) in [5, 5.41) is 11.6. The Labute approximate surface area is 180 Å². The number of carbonyl (C=O) groups is 2. The molecule has 1 N–H and O–H groups in total. The van der Waals surface area contributed by atoms with Crippen LogP contribution in [0.1, 0.15) is 69.4 Å². The van der Waals surface area contributed by atoms with E-state index in [1.54, 1.807) is 26.0 Å². The Kier molecular flexibility index (Phi) is 5.98. The summed E-state index contributed by atoms with van der Waals surface area (Å²) >= 11 is 0. The molecule has 1 aliphatic rings. The maximum absolute atomic E-state index is 13.4. The molecule has 0 fully saturated rings. The second kappa shape index (κ2) is 8.21. The maximum Gasteiger partial charge on any atom is 0.336 e. The van der Waals surface area contributed by atoms with Gasteiger partial charge in [-0.1, -0.05) is 20.3 Å². The summed E-state index contributed by atoms with van der Waals surface area (Å²) in [6.45, 7) is 10.2. The van der Waals surface area contributed by atoms with Crippen molar-refractivity contribution in [3.8, 4) is 11.5 Å². The highest BCUT2D eigenvalue weighted by molar-refractivity contribution is 6.13. The summed E-state index contributed by atoms with van der Waals surface area (Å²) in [6, 6.07) is 1.40. The van der Waals surface area contributed by atoms with Crippen LogP contribution < -0.4 is 10.4 Å². The predicted octanol–water partition coefficient (Wildman–Crippen LogP) is 4.41. The second-order valence-electron chi connectivity index (χ2n) is 8.52. The van der Waals surface area contributed by atoms with E-state index in [2.05, 4.69) is 0 Å². The minimum atomic E-state index is -0.777. The number of aromatic hydroxyl groups is 1. The number of benzene rings is 1. The highest BCUT2D eigenvalue weighted by Gasteiger charge is 2.35. The van der Waals surface area contributed by atoms with Gasteiger partial charge in [0, 0.05) is 13.0 Å². The van der Waals surface area contributed by atoms with Crippen molar-refractivity contribution in [1.82, 2.24) is 0 Å². The molecular weight excluding hydrogens is 400 g/mol. The van der Waals surface area contributed by atoms with Gasteiger partial charge in [-0.2, -0.15) is 0 Å². The average Bonchev–Trinajstić information content (AvgIpc) is 2.65. The van der Waals surface area contributed by atoms with Crippen molar-refractivity contribution >= 4 is 28.8 Å². The zero-order chi connectivity index (χ0) is 23.1. The van der Waals surface area contributed by atoms with E-state index in [-0.39, 0.29) is 16.9 Å². The molecule has 0 saturated heterocycles. The van der Waals surface area contributed by atoms with E-state index in [4.69, 9.17) is 13.9 Å². The molecule has 0 aliphatic carbocycles. The van der Waals surface area contributed by atoms with E-state index >= 15 is 0 Å². The molecular formula is C24H28O7. The molecule has 0 spiro atoms. The molecule has 0 radical (unpaired) electrons. The quantitative estimate of drug-likeness (QED) is 0.413. The van der Waals surface area contributed by atoms with Gasteiger partial charge in [-0.15, -0.1) is 0 Å². The van der Waals surface area contributed by atoms with E-state index < -0.39 is 35.0 Å². The number of Topliss-reactive ketones (excluding diaryl/α,β-unsaturated/α-hetero) is 1. The molecule has 1 aliphatic heterocycles. The molecule has 31 heavy (non-hydrogen) atoms. The van der Waals surface area contributed by atoms with Crippen LogP contribution in [-0.4, -0.2) is 28.6 Å². The Balaban J connectivity index is 2.35. The Morgan fingerprint density at radius 2 is 1.94 bits per heavy atom. The highest BCUT2D eigenvalue weighted by Crippen LogP contribution is 2.46. The molecule has 166 valence electrons. The maximum atomic E-state index is 13.4. The van der Waals surface area contributed by atoms with E-state index in [1.165, 1.54) is 13.0 Å². The second-order valence-corrected chi connectivity index (χ2v) is 8.52. The van der Waals surface area contributed by atoms with Crippen LogP contribution in [0.15, 0.2) is 21.4 Å². The summed E-state index contributed by atoms with van der Waals surface area (Å²) in [6.07, 6.45) is 4.10. The van der Waals surface area contributed by atoms with Crippen molar-refractivity contribution in [2.45, 2.75) is 66.1 Å². The number of hydrogen-bond donors (Lipinski definition) is 1. The molecule has 3 rings (SSSR count). The van der Waals surface area contributed by atoms with Crippen molar-refractivity contribution in [2.75, 3.05) is 0 Å². The fraction of sp³-hybridized carbons (Fsp3) is 0.458. The average molecular weight is 428 g/mol. The fourth-order valence-corrected chi connectivity index (χ4v) is 3.79. The van der Waals surface area contributed by atoms with Crippen molar-refractivity contribution in [3.05, 3.63) is 39.3 Å². The van der Waals surface area contributed by atoms with Gasteiger partial charge in [0.1, 0.15) is 28.8 Å². The zero-order valence-electron chi connectivity index (χ0n) is 18.7. The number of ketones is 1. The van der Waals surface area contributed by atoms with Gasteiger partial charge < -0.3 is 19.0 Å². The monoisotopic (exact) mass is 428 g/mol. The Morgan fingerprint density at radius 1 is 1.26 bits per heavy atom. The lowest BCUT2D eigenvalue weighted by molar-refractivity contribution is -0.146. The van der Waals surface area contributed by atoms with Crippen LogP contribution in [0.4, 0.5) is 0 Å². The summed E-state index contributed by atoms with van der Waals surface area (Å²) in [4.78, 5) is 37.1. The van der Waals surface area contributed by atoms with E-state index in [0.29, 0.717) is 28.7 Å². The molecule has 0 unspecified atom stereocenters. The fourth-order valence-electron chi connectivity index (χ4n) is 3.79. The lowest BCUT2D eigenvalue weighted by Gasteiger charge is -2.30. The predicted molar refractivity (Wildman–Crippen MR) is 117 cm³/mol. The normalized spacial score (nSPS) is 16.3. The first-order valence-corrected chi connectivity index (χ1v) is 10.4. The van der Waals surface area contributed by atoms with E-state index in [9.17, 15) is 19.5 Å². The van der Waals surface area contributed by atoms with Gasteiger partial charge in [0.2, 0.25) is 0 Å². The lowest BCUT2D eigenvalue weighted by atomic mass is 9.88. The van der Waals surface area contributed by atoms with Gasteiger partial charge in [-0.25, -0.2) is 4.79 Å². The number of fused-ring (bicyclic) bond motifs is 3. The van der Waals surface area contributed by atoms with Gasteiger partial charge in [0.15, 0.2) is 11.4 Å². The summed E-state index contributed by atoms with van der Waals surface area (Å²) in [5.41, 5.74) is -0.335. The smallest absolute Gasteiger partial charge is 0.336 e. The number of carbonyl (C=O) groups excluding carboxylic acids is 2. The van der Waals surface area contributed by atoms with Crippen LogP contribution in [0.25, 0.3) is 17.0 Å². The summed E-state index contributed by atoms with van der Waals surface area (Å²) in [5.74, 6) is -1.72. The largest absolute Gasteiger partial charge is 0.506 e. The van der Waals surface area contributed by atoms with Gasteiger partial charge >= 0.3 is 11.6 Å². The molecule has 7 heteroatoms. The molecule has 2 atom stereocenters. The Hall–Kier alpha value is -3.09. The molecule has 1 aromatic carbocycles. The first-order valence-electron chi connectivity index (χ1n) is 10.4. The molecule has 7 nitrogen and oxygen atoms in total. The standard InChI is InChI=1S/C24H28O7/c1-7-8-15-11-17(26)30-23-18(15)22-16(9-10-24(5,6)31-22)21(28)19(23)20(27)12(2)13(3)29-14(4)25/h9-13,28H,7-8H2,1-6H3/t12-,13+/m0/s1. The first-order chi connectivity index (χ1) is 14.5. The van der Waals surface area contributed by atoms with Crippen molar-refractivity contribution in [1.29, 1.82) is 0 Å². The van der Waals surface area contributed by atoms with Crippen LogP contribution in [0, 0.1) is 5.92 Å². The molecule has 0 saturated carbocycles. The third-order valence-corrected chi connectivity index (χ3v) is 5.49. The number of phenolic OH excluding ortho intramolecular Hbond substituents is 1. The van der Waals surface area contributed by atoms with Gasteiger partial charge in [-0.05, 0) is 44.9 Å². The van der Waals surface area contributed by atoms with Crippen LogP contribution in [-0.2, 0) is 16.0 Å². The van der Waals surface area contributed by atoms with Crippen LogP contribution in [0.2, 0.25) is 0 Å². The van der Waals surface area contributed by atoms with Gasteiger partial charge in [-0.3, -0.25) is 9.59 Å². The van der Waals surface area contributed by atoms with Crippen molar-refractivity contribution in [2.24, 2.45) is 5.92 Å². The number of hydrogen-bond acceptors (Lipinski definition) is 7. The number of rotatable bonds is 6. The van der Waals surface area contributed by atoms with Crippen LogP contribution in [0.3, 0.4) is 0 Å². The van der Waals surface area contributed by atoms with Crippen LogP contribution in [0.5, 0.6) is 11.5 Å². The van der Waals surface area contributed by atoms with Gasteiger partial charge in [0.25, 0.3) is 0 Å². The topological polar surface area (TPSA) is 103 Å². The Morgan fingerprint density at radius 3 is 2.55 bits per heavy atom. The highest BCUT2D eigenvalue weighted by atomic mass is 16.5. The van der Waals surface area contributed by atoms with E-state index in [1.807, 2.05) is 20.8 Å². The van der Waals surface area contributed by atoms with E-state index in [0.717, 1.165) is 6.42 Å². The number of esters is 1. The minimum absolute atomic E-state index is 0.00910. The SMILES string of the molecule is CCCc1cc(=O)oc2c(C(=O)[C@@H](C)[C@@H](C)OC(C)=O)c(O)c3c(c12)OC(C)(C)C=C3. The zero-order valence-corrected chi connectivity index (χ0v) is 18.7. The lowest BCUT2D eigenvalue weighted by Crippen LogP contribution is -2.29. The summed E-state index contributed by atoms with van der Waals surface area (Å²) < 4.78 is 16.8. The first kappa shape index (κ1) is 22.6. The van der Waals surface area contributed by atoms with Crippen molar-refractivity contribution < 1.29 is 28.6 Å². The minimum Gasteiger partial charge on any atom is -0.506 e. The van der Waals surface area contributed by atoms with Crippen LogP contribution >= 0.6 is 0 Å². The third kappa shape index (κ3) is 4.22. The number of ether oxygens (including phenoxy) is 2. The summed E-state index contributed by atoms with van der Waals surface area (Å²) in [7, 11) is 0. The molecule has 2 aromatic rings. The van der Waals surface area contributed by atoms with Gasteiger partial charge in [0.05, 0.1) is 16.9 Å².